The van der Waals surface area contributed by atoms with Crippen LogP contribution < -0.4 is 5.32 Å². The first-order valence-electron chi connectivity index (χ1n) is 8.00. The minimum absolute atomic E-state index is 0. The molecule has 0 spiro atoms. The van der Waals surface area contributed by atoms with Crippen LogP contribution in [0.1, 0.15) is 17.3 Å². The lowest BCUT2D eigenvalue weighted by atomic mass is 10.1. The molecule has 1 atom stereocenters. The Morgan fingerprint density at radius 2 is 1.77 bits per heavy atom. The number of anilines is 2. The molecule has 1 unspecified atom stereocenters. The Kier molecular flexibility index (Phi) is 9.23. The topological polar surface area (TPSA) is 41.6 Å². The average molecular weight is 418 g/mol. The standard InChI is InChI=1S/C19H22Cl2N2O2.ClH/c1-13(11-23(2)3)12-25-19(24)14-7-4-5-9-16(14)22-17-10-6-8-15(20)18(17)21;/h4-10,13,22H,11-12H2,1-3H3;1H. The molecule has 0 aromatic heterocycles. The summed E-state index contributed by atoms with van der Waals surface area (Å²) in [5, 5.41) is 4.01. The minimum Gasteiger partial charge on any atom is -0.462 e. The third-order valence-electron chi connectivity index (χ3n) is 3.54. The number of rotatable bonds is 7. The lowest BCUT2D eigenvalue weighted by Gasteiger charge is -2.17. The number of ether oxygens (including phenoxy) is 1. The van der Waals surface area contributed by atoms with Gasteiger partial charge in [0.2, 0.25) is 0 Å². The molecule has 0 saturated heterocycles. The number of carbonyl (C=O) groups is 1. The maximum absolute atomic E-state index is 12.5. The molecule has 0 amide bonds. The maximum Gasteiger partial charge on any atom is 0.340 e. The van der Waals surface area contributed by atoms with E-state index in [1.165, 1.54) is 0 Å². The summed E-state index contributed by atoms with van der Waals surface area (Å²) in [5.41, 5.74) is 1.71. The van der Waals surface area contributed by atoms with Gasteiger partial charge in [0.15, 0.2) is 0 Å². The predicted molar refractivity (Wildman–Crippen MR) is 111 cm³/mol. The number of esters is 1. The van der Waals surface area contributed by atoms with Gasteiger partial charge in [-0.3, -0.25) is 0 Å². The number of benzene rings is 2. The van der Waals surface area contributed by atoms with Crippen molar-refractivity contribution in [3.8, 4) is 0 Å². The summed E-state index contributed by atoms with van der Waals surface area (Å²) >= 11 is 12.3. The van der Waals surface area contributed by atoms with Crippen LogP contribution in [0.5, 0.6) is 0 Å². The summed E-state index contributed by atoms with van der Waals surface area (Å²) in [6.45, 7) is 3.26. The van der Waals surface area contributed by atoms with E-state index in [9.17, 15) is 4.79 Å². The van der Waals surface area contributed by atoms with Gasteiger partial charge in [-0.25, -0.2) is 4.79 Å². The van der Waals surface area contributed by atoms with Gasteiger partial charge in [0.05, 0.1) is 33.6 Å². The third kappa shape index (κ3) is 6.36. The van der Waals surface area contributed by atoms with Crippen molar-refractivity contribution in [1.29, 1.82) is 0 Å². The molecule has 4 nitrogen and oxygen atoms in total. The first-order valence-corrected chi connectivity index (χ1v) is 8.76. The van der Waals surface area contributed by atoms with Crippen molar-refractivity contribution in [3.63, 3.8) is 0 Å². The van der Waals surface area contributed by atoms with Gasteiger partial charge < -0.3 is 15.0 Å². The van der Waals surface area contributed by atoms with Gasteiger partial charge in [-0.2, -0.15) is 0 Å². The normalized spacial score (nSPS) is 11.6. The second-order valence-corrected chi connectivity index (χ2v) is 7.02. The number of carbonyl (C=O) groups excluding carboxylic acids is 1. The van der Waals surface area contributed by atoms with E-state index in [1.54, 1.807) is 36.4 Å². The van der Waals surface area contributed by atoms with Gasteiger partial charge >= 0.3 is 5.97 Å². The lowest BCUT2D eigenvalue weighted by Crippen LogP contribution is -2.24. The van der Waals surface area contributed by atoms with E-state index in [2.05, 4.69) is 10.2 Å². The van der Waals surface area contributed by atoms with Crippen molar-refractivity contribution in [3.05, 3.63) is 58.1 Å². The zero-order valence-electron chi connectivity index (χ0n) is 15.0. The van der Waals surface area contributed by atoms with Crippen LogP contribution in [0.4, 0.5) is 11.4 Å². The van der Waals surface area contributed by atoms with Crippen molar-refractivity contribution >= 4 is 53.0 Å². The lowest BCUT2D eigenvalue weighted by molar-refractivity contribution is 0.0434. The van der Waals surface area contributed by atoms with Gasteiger partial charge in [0, 0.05) is 12.5 Å². The molecule has 2 aromatic rings. The number of hydrogen-bond acceptors (Lipinski definition) is 4. The van der Waals surface area contributed by atoms with Gasteiger partial charge in [-0.05, 0) is 38.4 Å². The number of hydrogen-bond donors (Lipinski definition) is 1. The summed E-state index contributed by atoms with van der Waals surface area (Å²) in [4.78, 5) is 14.5. The highest BCUT2D eigenvalue weighted by Gasteiger charge is 2.15. The molecule has 0 heterocycles. The van der Waals surface area contributed by atoms with Crippen molar-refractivity contribution < 1.29 is 9.53 Å². The van der Waals surface area contributed by atoms with Gasteiger partial charge in [-0.15, -0.1) is 12.4 Å². The molecular formula is C19H23Cl3N2O2. The smallest absolute Gasteiger partial charge is 0.340 e. The molecule has 0 aliphatic rings. The fourth-order valence-electron chi connectivity index (χ4n) is 2.49. The number of nitrogens with one attached hydrogen (secondary N) is 1. The van der Waals surface area contributed by atoms with Crippen molar-refractivity contribution in [2.24, 2.45) is 5.92 Å². The maximum atomic E-state index is 12.5. The van der Waals surface area contributed by atoms with E-state index < -0.39 is 0 Å². The second-order valence-electron chi connectivity index (χ2n) is 6.24. The van der Waals surface area contributed by atoms with Gasteiger partial charge in [-0.1, -0.05) is 48.3 Å². The largest absolute Gasteiger partial charge is 0.462 e. The van der Waals surface area contributed by atoms with E-state index in [0.29, 0.717) is 33.6 Å². The van der Waals surface area contributed by atoms with E-state index in [0.717, 1.165) is 6.54 Å². The first kappa shape index (κ1) is 22.6. The molecule has 0 fully saturated rings. The minimum atomic E-state index is -0.369. The summed E-state index contributed by atoms with van der Waals surface area (Å²) in [6.07, 6.45) is 0. The fourth-order valence-corrected chi connectivity index (χ4v) is 2.84. The molecule has 0 bridgehead atoms. The average Bonchev–Trinajstić information content (AvgIpc) is 2.57. The van der Waals surface area contributed by atoms with Crippen LogP contribution in [0.15, 0.2) is 42.5 Å². The molecular weight excluding hydrogens is 395 g/mol. The Morgan fingerprint density at radius 3 is 2.46 bits per heavy atom. The Balaban J connectivity index is 0.00000338. The molecule has 2 rings (SSSR count). The Bertz CT molecular complexity index is 738. The predicted octanol–water partition coefficient (Wildman–Crippen LogP) is 5.51. The third-order valence-corrected chi connectivity index (χ3v) is 4.36. The van der Waals surface area contributed by atoms with Crippen LogP contribution in [0.25, 0.3) is 0 Å². The molecule has 142 valence electrons. The van der Waals surface area contributed by atoms with Crippen LogP contribution >= 0.6 is 35.6 Å². The molecule has 1 N–H and O–H groups in total. The molecule has 0 saturated carbocycles. The first-order chi connectivity index (χ1) is 11.9. The second kappa shape index (κ2) is 10.6. The molecule has 7 heteroatoms. The highest BCUT2D eigenvalue weighted by molar-refractivity contribution is 6.43. The Morgan fingerprint density at radius 1 is 1.12 bits per heavy atom. The van der Waals surface area contributed by atoms with Crippen LogP contribution in [-0.2, 0) is 4.74 Å². The van der Waals surface area contributed by atoms with Crippen molar-refractivity contribution in [2.75, 3.05) is 32.6 Å². The van der Waals surface area contributed by atoms with Crippen molar-refractivity contribution in [2.45, 2.75) is 6.92 Å². The summed E-state index contributed by atoms with van der Waals surface area (Å²) in [5.74, 6) is -0.117. The highest BCUT2D eigenvalue weighted by Crippen LogP contribution is 2.32. The van der Waals surface area contributed by atoms with E-state index in [4.69, 9.17) is 27.9 Å². The zero-order chi connectivity index (χ0) is 18.4. The van der Waals surface area contributed by atoms with E-state index in [1.807, 2.05) is 27.1 Å². The molecule has 26 heavy (non-hydrogen) atoms. The summed E-state index contributed by atoms with van der Waals surface area (Å²) in [7, 11) is 3.98. The molecule has 0 radical (unpaired) electrons. The number of halogens is 3. The quantitative estimate of drug-likeness (QED) is 0.603. The van der Waals surface area contributed by atoms with Crippen LogP contribution in [-0.4, -0.2) is 38.1 Å². The van der Waals surface area contributed by atoms with Crippen LogP contribution in [0.3, 0.4) is 0 Å². The number of para-hydroxylation sites is 1. The van der Waals surface area contributed by atoms with Crippen LogP contribution in [0, 0.1) is 5.92 Å². The van der Waals surface area contributed by atoms with E-state index >= 15 is 0 Å². The molecule has 0 aliphatic carbocycles. The fraction of sp³-hybridized carbons (Fsp3) is 0.316. The highest BCUT2D eigenvalue weighted by atomic mass is 35.5. The Labute approximate surface area is 170 Å². The van der Waals surface area contributed by atoms with Crippen molar-refractivity contribution in [1.82, 2.24) is 4.90 Å². The summed E-state index contributed by atoms with van der Waals surface area (Å²) < 4.78 is 5.46. The molecule has 0 aliphatic heterocycles. The van der Waals surface area contributed by atoms with Gasteiger partial charge in [0.1, 0.15) is 0 Å². The Hall–Kier alpha value is -1.46. The van der Waals surface area contributed by atoms with E-state index in [-0.39, 0.29) is 24.3 Å². The summed E-state index contributed by atoms with van der Waals surface area (Å²) in [6, 6.07) is 12.5. The van der Waals surface area contributed by atoms with Gasteiger partial charge in [0.25, 0.3) is 0 Å². The zero-order valence-corrected chi connectivity index (χ0v) is 17.3. The number of nitrogens with zero attached hydrogens (tertiary/aromatic N) is 1. The monoisotopic (exact) mass is 416 g/mol. The molecule has 2 aromatic carbocycles. The SMILES string of the molecule is CC(COC(=O)c1ccccc1Nc1cccc(Cl)c1Cl)CN(C)C.Cl. The van der Waals surface area contributed by atoms with Crippen LogP contribution in [0.2, 0.25) is 10.0 Å².